The summed E-state index contributed by atoms with van der Waals surface area (Å²) >= 11 is 4.76. The number of hydrogen-bond donors (Lipinski definition) is 0. The molecule has 0 saturated carbocycles. The number of para-hydroxylation sites is 1. The number of hydrogen-bond acceptors (Lipinski definition) is 11. The third-order valence-corrected chi connectivity index (χ3v) is 7.49. The molecule has 0 radical (unpaired) electrons. The van der Waals surface area contributed by atoms with Gasteiger partial charge in [-0.3, -0.25) is 0 Å². The molecule has 0 saturated heterocycles. The highest BCUT2D eigenvalue weighted by molar-refractivity contribution is 7.78. The van der Waals surface area contributed by atoms with E-state index in [4.69, 9.17) is 47.1 Å². The molecule has 11 nitrogen and oxygen atoms in total. The first-order chi connectivity index (χ1) is 23.7. The van der Waals surface area contributed by atoms with E-state index in [0.717, 1.165) is 34.7 Å². The first-order valence-electron chi connectivity index (χ1n) is 15.7. The maximum Gasteiger partial charge on any atom is 0.125 e. The third-order valence-electron chi connectivity index (χ3n) is 7.39. The number of fused-ring (bicyclic) bond motifs is 5. The largest absolute Gasteiger partial charge is 0.491 e. The van der Waals surface area contributed by atoms with Gasteiger partial charge in [-0.15, -0.1) is 11.5 Å². The molecule has 4 aromatic rings. The molecule has 0 bridgehead atoms. The highest BCUT2D eigenvalue weighted by Crippen LogP contribution is 2.40. The van der Waals surface area contributed by atoms with E-state index in [1.165, 1.54) is 5.56 Å². The molecular formula is C36H39N5O6S. The summed E-state index contributed by atoms with van der Waals surface area (Å²) in [6, 6.07) is 22.0. The van der Waals surface area contributed by atoms with Crippen molar-refractivity contribution in [2.24, 2.45) is 4.99 Å². The first-order valence-corrected chi connectivity index (χ1v) is 16.1. The van der Waals surface area contributed by atoms with Crippen molar-refractivity contribution < 1.29 is 28.4 Å². The lowest BCUT2D eigenvalue weighted by molar-refractivity contribution is 0.0333. The van der Waals surface area contributed by atoms with E-state index in [0.29, 0.717) is 83.2 Å². The second-order valence-electron chi connectivity index (χ2n) is 10.7. The number of aliphatic imine (C=N–C) groups is 1. The standard InChI is InChI=1S/C36H39N5O6S/c1-3-13-42-15-17-44-19-21-46-30-23-29(37-27-48)24-31(25-30)47-22-20-45-18-16-43-14-12-41-36-32-9-5-4-8-28(32)26-40(2)34-11-7-6-10-33(34)35(36)38-39-41/h1,4-11,23-25H,12-22,26H2,2H3. The van der Waals surface area contributed by atoms with E-state index in [2.05, 4.69) is 80.8 Å². The van der Waals surface area contributed by atoms with Crippen LogP contribution in [0.25, 0.3) is 22.5 Å². The van der Waals surface area contributed by atoms with Crippen molar-refractivity contribution in [3.8, 4) is 46.4 Å². The number of terminal acetylenes is 1. The van der Waals surface area contributed by atoms with Crippen LogP contribution >= 0.6 is 12.2 Å². The summed E-state index contributed by atoms with van der Waals surface area (Å²) < 4.78 is 35.9. The number of rotatable bonds is 19. The maximum absolute atomic E-state index is 5.90. The molecule has 3 aromatic carbocycles. The lowest BCUT2D eigenvalue weighted by Crippen LogP contribution is -2.20. The normalized spacial score (nSPS) is 11.7. The summed E-state index contributed by atoms with van der Waals surface area (Å²) in [5, 5.41) is 11.5. The minimum atomic E-state index is 0.270. The lowest BCUT2D eigenvalue weighted by Gasteiger charge is -2.26. The predicted octanol–water partition coefficient (Wildman–Crippen LogP) is 5.45. The smallest absolute Gasteiger partial charge is 0.125 e. The van der Waals surface area contributed by atoms with Crippen LogP contribution in [0.15, 0.2) is 71.7 Å². The van der Waals surface area contributed by atoms with Gasteiger partial charge in [-0.05, 0) is 23.8 Å². The van der Waals surface area contributed by atoms with Crippen LogP contribution < -0.4 is 14.4 Å². The van der Waals surface area contributed by atoms with E-state index < -0.39 is 0 Å². The molecule has 0 spiro atoms. The zero-order chi connectivity index (χ0) is 33.4. The predicted molar refractivity (Wildman–Crippen MR) is 187 cm³/mol. The summed E-state index contributed by atoms with van der Waals surface area (Å²) in [5.41, 5.74) is 7.01. The Kier molecular flexibility index (Phi) is 13.5. The number of ether oxygens (including phenoxy) is 6. The van der Waals surface area contributed by atoms with Gasteiger partial charge in [0.2, 0.25) is 0 Å². The molecule has 0 amide bonds. The molecule has 0 aliphatic carbocycles. The van der Waals surface area contributed by atoms with E-state index in [9.17, 15) is 0 Å². The molecule has 48 heavy (non-hydrogen) atoms. The van der Waals surface area contributed by atoms with E-state index in [-0.39, 0.29) is 6.61 Å². The zero-order valence-corrected chi connectivity index (χ0v) is 27.8. The van der Waals surface area contributed by atoms with Gasteiger partial charge in [-0.2, -0.15) is 4.99 Å². The van der Waals surface area contributed by atoms with Gasteiger partial charge >= 0.3 is 0 Å². The summed E-state index contributed by atoms with van der Waals surface area (Å²) in [6.07, 6.45) is 5.15. The number of benzene rings is 3. The minimum absolute atomic E-state index is 0.270. The highest BCUT2D eigenvalue weighted by atomic mass is 32.1. The minimum Gasteiger partial charge on any atom is -0.491 e. The second kappa shape index (κ2) is 18.7. The summed E-state index contributed by atoms with van der Waals surface area (Å²) in [5.74, 6) is 3.57. The Balaban J connectivity index is 1.04. The Hall–Kier alpha value is -4.60. The van der Waals surface area contributed by atoms with E-state index in [1.54, 1.807) is 18.2 Å². The lowest BCUT2D eigenvalue weighted by atomic mass is 9.96. The highest BCUT2D eigenvalue weighted by Gasteiger charge is 2.25. The molecule has 250 valence electrons. The molecule has 1 aliphatic rings. The fraction of sp³-hybridized carbons (Fsp3) is 0.361. The van der Waals surface area contributed by atoms with Gasteiger partial charge in [0.05, 0.1) is 69.3 Å². The second-order valence-corrected chi connectivity index (χ2v) is 10.9. The molecule has 0 unspecified atom stereocenters. The van der Waals surface area contributed by atoms with Crippen LogP contribution in [-0.2, 0) is 32.0 Å². The van der Waals surface area contributed by atoms with E-state index >= 15 is 0 Å². The molecule has 2 heterocycles. The molecule has 1 aromatic heterocycles. The fourth-order valence-corrected chi connectivity index (χ4v) is 5.36. The van der Waals surface area contributed by atoms with Gasteiger partial charge in [-0.25, -0.2) is 4.68 Å². The van der Waals surface area contributed by atoms with Crippen LogP contribution in [0.3, 0.4) is 0 Å². The molecule has 0 N–H and O–H groups in total. The Morgan fingerprint density at radius 3 is 2.12 bits per heavy atom. The van der Waals surface area contributed by atoms with Crippen molar-refractivity contribution in [1.82, 2.24) is 15.0 Å². The van der Waals surface area contributed by atoms with Crippen molar-refractivity contribution in [3.63, 3.8) is 0 Å². The van der Waals surface area contributed by atoms with Crippen LogP contribution in [0.1, 0.15) is 5.56 Å². The number of anilines is 1. The maximum atomic E-state index is 5.90. The summed E-state index contributed by atoms with van der Waals surface area (Å²) in [4.78, 5) is 6.31. The van der Waals surface area contributed by atoms with Gasteiger partial charge in [0.1, 0.15) is 37.0 Å². The van der Waals surface area contributed by atoms with Crippen LogP contribution in [0.4, 0.5) is 11.4 Å². The van der Waals surface area contributed by atoms with Crippen molar-refractivity contribution in [3.05, 3.63) is 72.3 Å². The average molecular weight is 670 g/mol. The van der Waals surface area contributed by atoms with Crippen molar-refractivity contribution in [2.45, 2.75) is 13.1 Å². The monoisotopic (exact) mass is 669 g/mol. The van der Waals surface area contributed by atoms with Crippen LogP contribution in [0.2, 0.25) is 0 Å². The third kappa shape index (κ3) is 9.71. The summed E-state index contributed by atoms with van der Waals surface area (Å²) in [6.45, 7) is 5.31. The SMILES string of the molecule is C#CCOCCOCCOc1cc(N=C=S)cc(OCCOCCOCCn2nnc3c2-c2ccccc2CN(C)c2ccccc2-3)c1. The molecular weight excluding hydrogens is 630 g/mol. The topological polar surface area (TPSA) is 102 Å². The van der Waals surface area contributed by atoms with Gasteiger partial charge in [-0.1, -0.05) is 53.6 Å². The van der Waals surface area contributed by atoms with Gasteiger partial charge in [0.25, 0.3) is 0 Å². The number of nitrogens with zero attached hydrogens (tertiary/aromatic N) is 5. The number of thiocarbonyl (C=S) groups is 1. The quantitative estimate of drug-likeness (QED) is 0.0554. The molecule has 0 atom stereocenters. The first kappa shape index (κ1) is 34.7. The zero-order valence-electron chi connectivity index (χ0n) is 27.0. The van der Waals surface area contributed by atoms with Gasteiger partial charge in [0, 0.05) is 48.6 Å². The van der Waals surface area contributed by atoms with Crippen molar-refractivity contribution in [2.75, 3.05) is 78.0 Å². The number of aromatic nitrogens is 3. The molecule has 12 heteroatoms. The molecule has 5 rings (SSSR count). The summed E-state index contributed by atoms with van der Waals surface area (Å²) in [7, 11) is 2.11. The Morgan fingerprint density at radius 2 is 1.42 bits per heavy atom. The number of isothiocyanates is 1. The van der Waals surface area contributed by atoms with Gasteiger partial charge in [0.15, 0.2) is 0 Å². The Labute approximate surface area is 286 Å². The fourth-order valence-electron chi connectivity index (χ4n) is 5.26. The van der Waals surface area contributed by atoms with Crippen LogP contribution in [0, 0.1) is 12.3 Å². The van der Waals surface area contributed by atoms with Crippen LogP contribution in [0.5, 0.6) is 11.5 Å². The molecule has 0 fully saturated rings. The molecule has 1 aliphatic heterocycles. The van der Waals surface area contributed by atoms with E-state index in [1.807, 2.05) is 10.7 Å². The average Bonchev–Trinajstić information content (AvgIpc) is 3.51. The Morgan fingerprint density at radius 1 is 0.792 bits per heavy atom. The van der Waals surface area contributed by atoms with Crippen molar-refractivity contribution >= 4 is 28.8 Å². The van der Waals surface area contributed by atoms with Crippen LogP contribution in [-0.4, -0.2) is 93.3 Å². The van der Waals surface area contributed by atoms with Crippen molar-refractivity contribution in [1.29, 1.82) is 0 Å². The Bertz CT molecular complexity index is 1720. The van der Waals surface area contributed by atoms with Gasteiger partial charge < -0.3 is 33.3 Å².